The van der Waals surface area contributed by atoms with Gasteiger partial charge in [0.05, 0.1) is 5.56 Å². The van der Waals surface area contributed by atoms with Gasteiger partial charge in [-0.1, -0.05) is 12.1 Å². The number of carbonyl (C=O) groups is 1. The molecule has 0 aliphatic heterocycles. The molecule has 26 heavy (non-hydrogen) atoms. The number of aromatic nitrogens is 1. The highest BCUT2D eigenvalue weighted by molar-refractivity contribution is 6.05. The van der Waals surface area contributed by atoms with E-state index in [-0.39, 0.29) is 11.4 Å². The molecule has 3 aromatic carbocycles. The number of anilines is 1. The maximum Gasteiger partial charge on any atom is 0.258 e. The second-order valence-corrected chi connectivity index (χ2v) is 5.64. The van der Waals surface area contributed by atoms with Crippen molar-refractivity contribution < 1.29 is 18.0 Å². The first-order valence-corrected chi connectivity index (χ1v) is 7.82. The van der Waals surface area contributed by atoms with Gasteiger partial charge >= 0.3 is 0 Å². The number of halogens is 2. The lowest BCUT2D eigenvalue weighted by Gasteiger charge is -2.05. The summed E-state index contributed by atoms with van der Waals surface area (Å²) in [6.45, 7) is 0. The van der Waals surface area contributed by atoms with Crippen molar-refractivity contribution in [2.75, 3.05) is 5.32 Å². The number of hydrogen-bond donors (Lipinski definition) is 1. The van der Waals surface area contributed by atoms with Gasteiger partial charge in [-0.3, -0.25) is 4.79 Å². The first-order valence-electron chi connectivity index (χ1n) is 7.82. The second-order valence-electron chi connectivity index (χ2n) is 5.64. The molecule has 1 aromatic heterocycles. The zero-order chi connectivity index (χ0) is 18.1. The van der Waals surface area contributed by atoms with E-state index in [4.69, 9.17) is 4.42 Å². The van der Waals surface area contributed by atoms with Crippen molar-refractivity contribution in [3.63, 3.8) is 0 Å². The minimum absolute atomic E-state index is 0.0443. The normalized spacial score (nSPS) is 10.8. The number of amides is 1. The van der Waals surface area contributed by atoms with Crippen LogP contribution in [0.25, 0.3) is 22.6 Å². The van der Waals surface area contributed by atoms with Crippen LogP contribution in [-0.4, -0.2) is 10.9 Å². The van der Waals surface area contributed by atoms with Crippen molar-refractivity contribution in [1.29, 1.82) is 0 Å². The zero-order valence-electron chi connectivity index (χ0n) is 13.4. The van der Waals surface area contributed by atoms with Crippen molar-refractivity contribution in [1.82, 2.24) is 4.98 Å². The molecule has 1 heterocycles. The van der Waals surface area contributed by atoms with Crippen LogP contribution < -0.4 is 5.32 Å². The number of rotatable bonds is 3. The Balaban J connectivity index is 1.62. The lowest BCUT2D eigenvalue weighted by molar-refractivity contribution is 0.102. The van der Waals surface area contributed by atoms with Gasteiger partial charge in [0.25, 0.3) is 5.91 Å². The fourth-order valence-corrected chi connectivity index (χ4v) is 2.56. The van der Waals surface area contributed by atoms with Crippen molar-refractivity contribution in [2.45, 2.75) is 0 Å². The van der Waals surface area contributed by atoms with Crippen molar-refractivity contribution in [2.24, 2.45) is 0 Å². The van der Waals surface area contributed by atoms with E-state index in [2.05, 4.69) is 10.3 Å². The van der Waals surface area contributed by atoms with E-state index >= 15 is 0 Å². The standard InChI is InChI=1S/C20H12F2N2O2/c21-13-7-5-12(6-8-13)20-24-17-10-9-14(11-18(17)26-20)23-19(25)15-3-1-2-4-16(15)22/h1-11H,(H,23,25). The van der Waals surface area contributed by atoms with Gasteiger partial charge < -0.3 is 9.73 Å². The summed E-state index contributed by atoms with van der Waals surface area (Å²) < 4.78 is 32.4. The molecule has 0 saturated heterocycles. The Hall–Kier alpha value is -3.54. The number of oxazole rings is 1. The smallest absolute Gasteiger partial charge is 0.258 e. The van der Waals surface area contributed by atoms with Gasteiger partial charge in [-0.2, -0.15) is 0 Å². The summed E-state index contributed by atoms with van der Waals surface area (Å²) in [4.78, 5) is 16.5. The molecule has 4 nitrogen and oxygen atoms in total. The SMILES string of the molecule is O=C(Nc1ccc2nc(-c3ccc(F)cc3)oc2c1)c1ccccc1F. The summed E-state index contributed by atoms with van der Waals surface area (Å²) in [5.74, 6) is -1.15. The van der Waals surface area contributed by atoms with E-state index in [1.807, 2.05) is 0 Å². The fourth-order valence-electron chi connectivity index (χ4n) is 2.56. The summed E-state index contributed by atoms with van der Waals surface area (Å²) in [6, 6.07) is 16.5. The first kappa shape index (κ1) is 16.0. The van der Waals surface area contributed by atoms with Gasteiger partial charge in [0, 0.05) is 17.3 Å². The Labute approximate surface area is 147 Å². The molecule has 0 saturated carbocycles. The molecule has 0 unspecified atom stereocenters. The molecular weight excluding hydrogens is 338 g/mol. The van der Waals surface area contributed by atoms with Crippen molar-refractivity contribution in [3.8, 4) is 11.5 Å². The Morgan fingerprint density at radius 1 is 0.962 bits per heavy atom. The molecular formula is C20H12F2N2O2. The molecule has 1 amide bonds. The lowest BCUT2D eigenvalue weighted by Crippen LogP contribution is -2.13. The Bertz CT molecular complexity index is 1100. The number of nitrogens with one attached hydrogen (secondary N) is 1. The Morgan fingerprint density at radius 2 is 1.73 bits per heavy atom. The average molecular weight is 350 g/mol. The van der Waals surface area contributed by atoms with Gasteiger partial charge in [0.15, 0.2) is 5.58 Å². The van der Waals surface area contributed by atoms with Crippen molar-refractivity contribution in [3.05, 3.63) is 83.9 Å². The zero-order valence-corrected chi connectivity index (χ0v) is 13.4. The third kappa shape index (κ3) is 3.04. The van der Waals surface area contributed by atoms with Crippen LogP contribution >= 0.6 is 0 Å². The first-order chi connectivity index (χ1) is 12.6. The molecule has 128 valence electrons. The highest BCUT2D eigenvalue weighted by atomic mass is 19.1. The quantitative estimate of drug-likeness (QED) is 0.564. The molecule has 6 heteroatoms. The Morgan fingerprint density at radius 3 is 2.50 bits per heavy atom. The lowest BCUT2D eigenvalue weighted by atomic mass is 10.2. The molecule has 0 bridgehead atoms. The molecule has 0 aliphatic rings. The van der Waals surface area contributed by atoms with Crippen LogP contribution in [-0.2, 0) is 0 Å². The molecule has 4 rings (SSSR count). The summed E-state index contributed by atoms with van der Waals surface area (Å²) in [7, 11) is 0. The van der Waals surface area contributed by atoms with E-state index in [1.54, 1.807) is 36.4 Å². The average Bonchev–Trinajstić information content (AvgIpc) is 3.06. The van der Waals surface area contributed by atoms with E-state index in [0.29, 0.717) is 28.2 Å². The topological polar surface area (TPSA) is 55.1 Å². The van der Waals surface area contributed by atoms with Crippen LogP contribution in [0.4, 0.5) is 14.5 Å². The minimum atomic E-state index is -0.593. The summed E-state index contributed by atoms with van der Waals surface area (Å²) in [5.41, 5.74) is 2.09. The van der Waals surface area contributed by atoms with E-state index in [9.17, 15) is 13.6 Å². The Kier molecular flexibility index (Phi) is 3.93. The summed E-state index contributed by atoms with van der Waals surface area (Å²) >= 11 is 0. The van der Waals surface area contributed by atoms with Crippen molar-refractivity contribution >= 4 is 22.7 Å². The number of nitrogens with zero attached hydrogens (tertiary/aromatic N) is 1. The monoisotopic (exact) mass is 350 g/mol. The largest absolute Gasteiger partial charge is 0.436 e. The third-order valence-corrected chi connectivity index (χ3v) is 3.86. The molecule has 0 atom stereocenters. The summed E-state index contributed by atoms with van der Waals surface area (Å²) in [6.07, 6.45) is 0. The number of fused-ring (bicyclic) bond motifs is 1. The van der Waals surface area contributed by atoms with Gasteiger partial charge in [0.1, 0.15) is 17.2 Å². The molecule has 0 spiro atoms. The van der Waals surface area contributed by atoms with Crippen LogP contribution in [0.15, 0.2) is 71.1 Å². The second kappa shape index (κ2) is 6.40. The molecule has 0 aliphatic carbocycles. The third-order valence-electron chi connectivity index (χ3n) is 3.86. The van der Waals surface area contributed by atoms with Gasteiger partial charge in [0.2, 0.25) is 5.89 Å². The van der Waals surface area contributed by atoms with Gasteiger partial charge in [-0.05, 0) is 48.5 Å². The van der Waals surface area contributed by atoms with Gasteiger partial charge in [-0.25, -0.2) is 13.8 Å². The maximum absolute atomic E-state index is 13.7. The minimum Gasteiger partial charge on any atom is -0.436 e. The molecule has 0 radical (unpaired) electrons. The predicted octanol–water partition coefficient (Wildman–Crippen LogP) is 5.03. The highest BCUT2D eigenvalue weighted by Gasteiger charge is 2.13. The number of hydrogen-bond acceptors (Lipinski definition) is 3. The molecule has 1 N–H and O–H groups in total. The van der Waals surface area contributed by atoms with Crippen LogP contribution in [0, 0.1) is 11.6 Å². The fraction of sp³-hybridized carbons (Fsp3) is 0. The highest BCUT2D eigenvalue weighted by Crippen LogP contribution is 2.26. The van der Waals surface area contributed by atoms with Crippen LogP contribution in [0.5, 0.6) is 0 Å². The molecule has 4 aromatic rings. The van der Waals surface area contributed by atoms with E-state index < -0.39 is 11.7 Å². The number of benzene rings is 3. The molecule has 0 fully saturated rings. The maximum atomic E-state index is 13.7. The predicted molar refractivity (Wildman–Crippen MR) is 93.8 cm³/mol. The van der Waals surface area contributed by atoms with E-state index in [1.165, 1.54) is 30.3 Å². The van der Waals surface area contributed by atoms with E-state index in [0.717, 1.165) is 0 Å². The van der Waals surface area contributed by atoms with Crippen LogP contribution in [0.3, 0.4) is 0 Å². The summed E-state index contributed by atoms with van der Waals surface area (Å²) in [5, 5.41) is 2.63. The number of carbonyl (C=O) groups excluding carboxylic acids is 1. The van der Waals surface area contributed by atoms with Crippen LogP contribution in [0.2, 0.25) is 0 Å². The van der Waals surface area contributed by atoms with Gasteiger partial charge in [-0.15, -0.1) is 0 Å². The van der Waals surface area contributed by atoms with Crippen LogP contribution in [0.1, 0.15) is 10.4 Å².